The van der Waals surface area contributed by atoms with Crippen molar-refractivity contribution < 1.29 is 4.79 Å². The summed E-state index contributed by atoms with van der Waals surface area (Å²) in [7, 11) is 0. The summed E-state index contributed by atoms with van der Waals surface area (Å²) < 4.78 is 0. The number of thiazole rings is 1. The average Bonchev–Trinajstić information content (AvgIpc) is 2.80. The van der Waals surface area contributed by atoms with Gasteiger partial charge in [-0.05, 0) is 31.2 Å². The van der Waals surface area contributed by atoms with Gasteiger partial charge in [-0.2, -0.15) is 0 Å². The largest absolute Gasteiger partial charge is 0.362 e. The molecular formula is C13H14ClN3OS. The maximum Gasteiger partial charge on any atom is 0.230 e. The van der Waals surface area contributed by atoms with E-state index in [9.17, 15) is 4.79 Å². The van der Waals surface area contributed by atoms with Gasteiger partial charge >= 0.3 is 0 Å². The van der Waals surface area contributed by atoms with Crippen molar-refractivity contribution >= 4 is 39.7 Å². The molecule has 0 aliphatic rings. The van der Waals surface area contributed by atoms with Crippen molar-refractivity contribution in [1.29, 1.82) is 0 Å². The topological polar surface area (TPSA) is 54.0 Å². The molecule has 0 atom stereocenters. The van der Waals surface area contributed by atoms with Crippen LogP contribution < -0.4 is 10.6 Å². The number of carbonyl (C=O) groups excluding carboxylic acids is 1. The molecule has 0 aliphatic carbocycles. The van der Waals surface area contributed by atoms with Crippen LogP contribution in [0.3, 0.4) is 0 Å². The van der Waals surface area contributed by atoms with Crippen molar-refractivity contribution in [2.24, 2.45) is 0 Å². The molecule has 100 valence electrons. The molecule has 1 aromatic heterocycles. The van der Waals surface area contributed by atoms with Gasteiger partial charge in [0.25, 0.3) is 0 Å². The first-order valence-electron chi connectivity index (χ1n) is 5.91. The van der Waals surface area contributed by atoms with E-state index in [2.05, 4.69) is 15.6 Å². The number of nitrogens with zero attached hydrogens (tertiary/aromatic N) is 1. The van der Waals surface area contributed by atoms with Crippen molar-refractivity contribution in [3.05, 3.63) is 40.4 Å². The number of amides is 1. The molecule has 0 radical (unpaired) electrons. The van der Waals surface area contributed by atoms with Crippen molar-refractivity contribution in [2.75, 3.05) is 17.2 Å². The second-order valence-electron chi connectivity index (χ2n) is 3.91. The number of halogens is 1. The van der Waals surface area contributed by atoms with Gasteiger partial charge in [0.15, 0.2) is 5.13 Å². The van der Waals surface area contributed by atoms with Crippen LogP contribution in [0.5, 0.6) is 0 Å². The fourth-order valence-electron chi connectivity index (χ4n) is 1.52. The summed E-state index contributed by atoms with van der Waals surface area (Å²) in [5.41, 5.74) is 1.50. The fourth-order valence-corrected chi connectivity index (χ4v) is 2.43. The van der Waals surface area contributed by atoms with Crippen LogP contribution in [0, 0.1) is 0 Å². The third-order valence-electron chi connectivity index (χ3n) is 2.35. The molecule has 2 N–H and O–H groups in total. The smallest absolute Gasteiger partial charge is 0.230 e. The summed E-state index contributed by atoms with van der Waals surface area (Å²) in [6.07, 6.45) is 0.268. The summed E-state index contributed by atoms with van der Waals surface area (Å²) in [5, 5.41) is 9.30. The first-order chi connectivity index (χ1) is 9.17. The molecule has 1 amide bonds. The zero-order valence-corrected chi connectivity index (χ0v) is 12.0. The highest BCUT2D eigenvalue weighted by atomic mass is 35.5. The fraction of sp³-hybridized carbons (Fsp3) is 0.231. The highest BCUT2D eigenvalue weighted by Gasteiger charge is 2.07. The number of aromatic nitrogens is 1. The zero-order valence-electron chi connectivity index (χ0n) is 10.4. The van der Waals surface area contributed by atoms with Crippen molar-refractivity contribution in [3.8, 4) is 0 Å². The molecule has 2 rings (SSSR count). The van der Waals surface area contributed by atoms with E-state index in [0.717, 1.165) is 23.1 Å². The second kappa shape index (κ2) is 6.54. The van der Waals surface area contributed by atoms with E-state index in [1.165, 1.54) is 11.3 Å². The minimum Gasteiger partial charge on any atom is -0.362 e. The Balaban J connectivity index is 1.91. The van der Waals surface area contributed by atoms with E-state index in [1.54, 1.807) is 24.3 Å². The van der Waals surface area contributed by atoms with Gasteiger partial charge in [0, 0.05) is 22.6 Å². The number of hydrogen-bond donors (Lipinski definition) is 2. The number of benzene rings is 1. The normalized spacial score (nSPS) is 10.2. The Bertz CT molecular complexity index is 553. The molecule has 0 fully saturated rings. The highest BCUT2D eigenvalue weighted by molar-refractivity contribution is 7.13. The van der Waals surface area contributed by atoms with E-state index in [0.29, 0.717) is 5.02 Å². The van der Waals surface area contributed by atoms with Gasteiger partial charge in [-0.1, -0.05) is 11.6 Å². The lowest BCUT2D eigenvalue weighted by molar-refractivity contribution is -0.115. The summed E-state index contributed by atoms with van der Waals surface area (Å²) >= 11 is 7.29. The highest BCUT2D eigenvalue weighted by Crippen LogP contribution is 2.17. The standard InChI is InChI=1S/C13H14ClN3OS/c1-2-15-13-17-11(8-19-13)7-12(18)16-10-5-3-9(14)4-6-10/h3-6,8H,2,7H2,1H3,(H,15,17)(H,16,18). The monoisotopic (exact) mass is 295 g/mol. The Morgan fingerprint density at radius 1 is 1.37 bits per heavy atom. The number of anilines is 2. The summed E-state index contributed by atoms with van der Waals surface area (Å²) in [6.45, 7) is 2.83. The van der Waals surface area contributed by atoms with Gasteiger partial charge < -0.3 is 10.6 Å². The van der Waals surface area contributed by atoms with Gasteiger partial charge in [-0.3, -0.25) is 4.79 Å². The lowest BCUT2D eigenvalue weighted by atomic mass is 10.3. The lowest BCUT2D eigenvalue weighted by Gasteiger charge is -2.03. The Morgan fingerprint density at radius 3 is 2.79 bits per heavy atom. The van der Waals surface area contributed by atoms with E-state index in [4.69, 9.17) is 11.6 Å². The summed E-state index contributed by atoms with van der Waals surface area (Å²) in [6, 6.07) is 7.02. The molecule has 6 heteroatoms. The number of carbonyl (C=O) groups is 1. The van der Waals surface area contributed by atoms with Gasteiger partial charge in [0.1, 0.15) is 0 Å². The van der Waals surface area contributed by atoms with E-state index in [1.807, 2.05) is 12.3 Å². The molecule has 0 bridgehead atoms. The number of nitrogens with one attached hydrogen (secondary N) is 2. The maximum atomic E-state index is 11.8. The van der Waals surface area contributed by atoms with Crippen LogP contribution >= 0.6 is 22.9 Å². The zero-order chi connectivity index (χ0) is 13.7. The predicted molar refractivity (Wildman–Crippen MR) is 80.1 cm³/mol. The first kappa shape index (κ1) is 13.8. The third-order valence-corrected chi connectivity index (χ3v) is 3.45. The van der Waals surface area contributed by atoms with Crippen molar-refractivity contribution in [2.45, 2.75) is 13.3 Å². The van der Waals surface area contributed by atoms with Crippen LogP contribution in [0.1, 0.15) is 12.6 Å². The van der Waals surface area contributed by atoms with Gasteiger partial charge in [0.2, 0.25) is 5.91 Å². The van der Waals surface area contributed by atoms with Gasteiger partial charge in [-0.15, -0.1) is 11.3 Å². The molecule has 0 aliphatic heterocycles. The molecule has 19 heavy (non-hydrogen) atoms. The molecular weight excluding hydrogens is 282 g/mol. The molecule has 4 nitrogen and oxygen atoms in total. The second-order valence-corrected chi connectivity index (χ2v) is 5.20. The minimum atomic E-state index is -0.0873. The molecule has 0 saturated carbocycles. The number of hydrogen-bond acceptors (Lipinski definition) is 4. The Labute approximate surface area is 120 Å². The van der Waals surface area contributed by atoms with Gasteiger partial charge in [0.05, 0.1) is 12.1 Å². The minimum absolute atomic E-state index is 0.0873. The van der Waals surface area contributed by atoms with Crippen LogP contribution in [-0.4, -0.2) is 17.4 Å². The Hall–Kier alpha value is -1.59. The molecule has 0 spiro atoms. The van der Waals surface area contributed by atoms with Crippen LogP contribution in [0.4, 0.5) is 10.8 Å². The molecule has 0 unspecified atom stereocenters. The number of rotatable bonds is 5. The third kappa shape index (κ3) is 4.22. The van der Waals surface area contributed by atoms with Crippen LogP contribution in [-0.2, 0) is 11.2 Å². The molecule has 1 heterocycles. The van der Waals surface area contributed by atoms with Crippen molar-refractivity contribution in [3.63, 3.8) is 0 Å². The Kier molecular flexibility index (Phi) is 4.76. The average molecular weight is 296 g/mol. The van der Waals surface area contributed by atoms with E-state index in [-0.39, 0.29) is 12.3 Å². The van der Waals surface area contributed by atoms with Gasteiger partial charge in [-0.25, -0.2) is 4.98 Å². The van der Waals surface area contributed by atoms with Crippen molar-refractivity contribution in [1.82, 2.24) is 4.98 Å². The van der Waals surface area contributed by atoms with E-state index < -0.39 is 0 Å². The van der Waals surface area contributed by atoms with Crippen LogP contribution in [0.25, 0.3) is 0 Å². The molecule has 2 aromatic rings. The lowest BCUT2D eigenvalue weighted by Crippen LogP contribution is -2.14. The van der Waals surface area contributed by atoms with Crippen LogP contribution in [0.2, 0.25) is 5.02 Å². The Morgan fingerprint density at radius 2 is 2.11 bits per heavy atom. The predicted octanol–water partition coefficient (Wildman–Crippen LogP) is 3.41. The molecule has 1 aromatic carbocycles. The van der Waals surface area contributed by atoms with Crippen LogP contribution in [0.15, 0.2) is 29.6 Å². The first-order valence-corrected chi connectivity index (χ1v) is 7.17. The molecule has 0 saturated heterocycles. The summed E-state index contributed by atoms with van der Waals surface area (Å²) in [4.78, 5) is 16.2. The summed E-state index contributed by atoms with van der Waals surface area (Å²) in [5.74, 6) is -0.0873. The van der Waals surface area contributed by atoms with E-state index >= 15 is 0 Å². The SMILES string of the molecule is CCNc1nc(CC(=O)Nc2ccc(Cl)cc2)cs1. The maximum absolute atomic E-state index is 11.8. The quantitative estimate of drug-likeness (QED) is 0.889.